The van der Waals surface area contributed by atoms with Gasteiger partial charge in [-0.1, -0.05) is 15.9 Å². The van der Waals surface area contributed by atoms with E-state index in [9.17, 15) is 4.79 Å². The first kappa shape index (κ1) is 25.5. The first-order valence-electron chi connectivity index (χ1n) is 12.8. The molecule has 0 spiro atoms. The Labute approximate surface area is 225 Å². The number of aromatic nitrogens is 2. The van der Waals surface area contributed by atoms with Crippen LogP contribution in [0.25, 0.3) is 10.9 Å². The number of hydrogen-bond donors (Lipinski definition) is 2. The molecule has 0 saturated carbocycles. The molecule has 1 aromatic heterocycles. The molecule has 2 aliphatic heterocycles. The molecular formula is C27H33BrN6O3. The maximum Gasteiger partial charge on any atom is 0.321 e. The third-order valence-electron chi connectivity index (χ3n) is 7.04. The zero-order chi connectivity index (χ0) is 25.6. The number of carbonyl (C=O) groups excluding carboxylic acids is 1. The van der Waals surface area contributed by atoms with Gasteiger partial charge in [-0.3, -0.25) is 0 Å². The van der Waals surface area contributed by atoms with Gasteiger partial charge in [-0.25, -0.2) is 14.8 Å². The number of hydrogen-bond acceptors (Lipinski definition) is 7. The van der Waals surface area contributed by atoms with Gasteiger partial charge in [0.25, 0.3) is 0 Å². The molecular weight excluding hydrogens is 536 g/mol. The number of carbonyl (C=O) groups is 1. The van der Waals surface area contributed by atoms with E-state index < -0.39 is 0 Å². The SMILES string of the molecule is COc1cc2c(N3CCN(C(=O)Nc4ccc(Br)cc4)CC3)ncnc2cc1OCCCC1CCNC1. The van der Waals surface area contributed by atoms with Crippen LogP contribution in [0.3, 0.4) is 0 Å². The number of ether oxygens (including phenoxy) is 2. The maximum absolute atomic E-state index is 12.7. The lowest BCUT2D eigenvalue weighted by Crippen LogP contribution is -2.50. The van der Waals surface area contributed by atoms with Gasteiger partial charge in [0.15, 0.2) is 11.5 Å². The standard InChI is InChI=1S/C27H33BrN6O3/c1-36-24-15-22-23(16-25(24)37-14-2-3-19-8-9-29-17-19)30-18-31-26(22)33-10-12-34(13-11-33)27(35)32-21-6-4-20(28)5-7-21/h4-7,15-16,18-19,29H,2-3,8-14,17H2,1H3,(H,32,35). The van der Waals surface area contributed by atoms with Crippen LogP contribution in [0, 0.1) is 5.92 Å². The van der Waals surface area contributed by atoms with E-state index in [1.165, 1.54) is 12.8 Å². The molecule has 0 bridgehead atoms. The second-order valence-electron chi connectivity index (χ2n) is 9.48. The summed E-state index contributed by atoms with van der Waals surface area (Å²) >= 11 is 3.42. The van der Waals surface area contributed by atoms with E-state index in [-0.39, 0.29) is 6.03 Å². The van der Waals surface area contributed by atoms with Crippen LogP contribution in [0.5, 0.6) is 11.5 Å². The van der Waals surface area contributed by atoms with Gasteiger partial charge in [-0.2, -0.15) is 0 Å². The van der Waals surface area contributed by atoms with Crippen molar-refractivity contribution in [1.82, 2.24) is 20.2 Å². The smallest absolute Gasteiger partial charge is 0.321 e. The number of urea groups is 1. The van der Waals surface area contributed by atoms with Crippen molar-refractivity contribution in [3.63, 3.8) is 0 Å². The Morgan fingerprint density at radius 3 is 2.68 bits per heavy atom. The normalized spacial score (nSPS) is 17.7. The second-order valence-corrected chi connectivity index (χ2v) is 10.4. The summed E-state index contributed by atoms with van der Waals surface area (Å²) in [5.74, 6) is 2.98. The summed E-state index contributed by atoms with van der Waals surface area (Å²) in [5, 5.41) is 7.30. The van der Waals surface area contributed by atoms with Crippen molar-refractivity contribution in [3.8, 4) is 11.5 Å². The summed E-state index contributed by atoms with van der Waals surface area (Å²) in [7, 11) is 1.66. The number of rotatable bonds is 8. The Balaban J connectivity index is 1.22. The number of fused-ring (bicyclic) bond motifs is 1. The van der Waals surface area contributed by atoms with Gasteiger partial charge in [0.1, 0.15) is 12.1 Å². The summed E-state index contributed by atoms with van der Waals surface area (Å²) in [4.78, 5) is 25.9. The Morgan fingerprint density at radius 1 is 1.14 bits per heavy atom. The van der Waals surface area contributed by atoms with Gasteiger partial charge in [-0.05, 0) is 68.6 Å². The third kappa shape index (κ3) is 6.24. The van der Waals surface area contributed by atoms with Gasteiger partial charge < -0.3 is 29.9 Å². The fourth-order valence-electron chi connectivity index (χ4n) is 4.95. The number of benzene rings is 2. The largest absolute Gasteiger partial charge is 0.493 e. The predicted octanol–water partition coefficient (Wildman–Crippen LogP) is 4.52. The molecule has 9 nitrogen and oxygen atoms in total. The van der Waals surface area contributed by atoms with Gasteiger partial charge >= 0.3 is 6.03 Å². The number of anilines is 2. The minimum Gasteiger partial charge on any atom is -0.493 e. The minimum atomic E-state index is -0.0952. The Morgan fingerprint density at radius 2 is 1.95 bits per heavy atom. The lowest BCUT2D eigenvalue weighted by atomic mass is 10.0. The van der Waals surface area contributed by atoms with E-state index in [2.05, 4.69) is 41.4 Å². The topological polar surface area (TPSA) is 91.9 Å². The van der Waals surface area contributed by atoms with Crippen LogP contribution in [-0.4, -0.2) is 73.9 Å². The van der Waals surface area contributed by atoms with Crippen molar-refractivity contribution in [1.29, 1.82) is 0 Å². The molecule has 0 aliphatic carbocycles. The van der Waals surface area contributed by atoms with E-state index in [4.69, 9.17) is 9.47 Å². The van der Waals surface area contributed by atoms with Crippen LogP contribution in [0.4, 0.5) is 16.3 Å². The summed E-state index contributed by atoms with van der Waals surface area (Å²) in [6.45, 7) is 5.45. The Kier molecular flexibility index (Phi) is 8.25. The van der Waals surface area contributed by atoms with Crippen LogP contribution in [0.15, 0.2) is 47.2 Å². The highest BCUT2D eigenvalue weighted by Crippen LogP contribution is 2.35. The van der Waals surface area contributed by atoms with Crippen molar-refractivity contribution in [2.75, 3.05) is 63.2 Å². The molecule has 2 aliphatic rings. The highest BCUT2D eigenvalue weighted by Gasteiger charge is 2.24. The highest BCUT2D eigenvalue weighted by molar-refractivity contribution is 9.10. The van der Waals surface area contributed by atoms with Crippen molar-refractivity contribution in [2.24, 2.45) is 5.92 Å². The molecule has 2 amide bonds. The molecule has 1 atom stereocenters. The first-order valence-corrected chi connectivity index (χ1v) is 13.6. The van der Waals surface area contributed by atoms with E-state index >= 15 is 0 Å². The van der Waals surface area contributed by atoms with Crippen LogP contribution in [0.1, 0.15) is 19.3 Å². The first-order chi connectivity index (χ1) is 18.1. The number of nitrogens with one attached hydrogen (secondary N) is 2. The number of piperazine rings is 1. The molecule has 2 aromatic carbocycles. The Hall–Kier alpha value is -3.11. The molecule has 3 aromatic rings. The zero-order valence-electron chi connectivity index (χ0n) is 21.1. The molecule has 196 valence electrons. The minimum absolute atomic E-state index is 0.0952. The number of methoxy groups -OCH3 is 1. The second kappa shape index (κ2) is 12.0. The highest BCUT2D eigenvalue weighted by atomic mass is 79.9. The van der Waals surface area contributed by atoms with E-state index in [1.54, 1.807) is 13.4 Å². The number of amides is 2. The molecule has 3 heterocycles. The third-order valence-corrected chi connectivity index (χ3v) is 7.57. The quantitative estimate of drug-likeness (QED) is 0.386. The fourth-order valence-corrected chi connectivity index (χ4v) is 5.21. The van der Waals surface area contributed by atoms with Crippen molar-refractivity contribution in [3.05, 3.63) is 47.2 Å². The lowest BCUT2D eigenvalue weighted by molar-refractivity contribution is 0.208. The average molecular weight is 570 g/mol. The van der Waals surface area contributed by atoms with Crippen molar-refractivity contribution < 1.29 is 14.3 Å². The van der Waals surface area contributed by atoms with E-state index in [0.717, 1.165) is 52.3 Å². The molecule has 10 heteroatoms. The monoisotopic (exact) mass is 568 g/mol. The van der Waals surface area contributed by atoms with Gasteiger partial charge in [0.2, 0.25) is 0 Å². The Bertz CT molecular complexity index is 1210. The summed E-state index contributed by atoms with van der Waals surface area (Å²) in [6, 6.07) is 11.4. The van der Waals surface area contributed by atoms with Crippen molar-refractivity contribution >= 4 is 44.4 Å². The molecule has 37 heavy (non-hydrogen) atoms. The van der Waals surface area contributed by atoms with Gasteiger partial charge in [0, 0.05) is 47.8 Å². The molecule has 2 fully saturated rings. The maximum atomic E-state index is 12.7. The molecule has 1 unspecified atom stereocenters. The van der Waals surface area contributed by atoms with Gasteiger partial charge in [-0.15, -0.1) is 0 Å². The van der Waals surface area contributed by atoms with Crippen LogP contribution in [-0.2, 0) is 0 Å². The van der Waals surface area contributed by atoms with E-state index in [0.29, 0.717) is 44.3 Å². The summed E-state index contributed by atoms with van der Waals surface area (Å²) in [6.07, 6.45) is 5.03. The van der Waals surface area contributed by atoms with Gasteiger partial charge in [0.05, 0.1) is 19.2 Å². The molecule has 0 radical (unpaired) electrons. The fraction of sp³-hybridized carbons (Fsp3) is 0.444. The number of nitrogens with zero attached hydrogens (tertiary/aromatic N) is 4. The lowest BCUT2D eigenvalue weighted by Gasteiger charge is -2.35. The number of halogens is 1. The van der Waals surface area contributed by atoms with Crippen molar-refractivity contribution in [2.45, 2.75) is 19.3 Å². The zero-order valence-corrected chi connectivity index (χ0v) is 22.7. The molecule has 5 rings (SSSR count). The predicted molar refractivity (Wildman–Crippen MR) is 149 cm³/mol. The molecule has 2 N–H and O–H groups in total. The average Bonchev–Trinajstić information content (AvgIpc) is 3.45. The summed E-state index contributed by atoms with van der Waals surface area (Å²) in [5.41, 5.74) is 1.59. The molecule has 2 saturated heterocycles. The summed E-state index contributed by atoms with van der Waals surface area (Å²) < 4.78 is 12.7. The van der Waals surface area contributed by atoms with Crippen LogP contribution in [0.2, 0.25) is 0 Å². The van der Waals surface area contributed by atoms with Crippen LogP contribution < -0.4 is 25.0 Å². The van der Waals surface area contributed by atoms with Crippen LogP contribution >= 0.6 is 15.9 Å². The van der Waals surface area contributed by atoms with E-state index in [1.807, 2.05) is 41.3 Å².